The molecule has 4 aromatic rings. The van der Waals surface area contributed by atoms with Crippen LogP contribution < -0.4 is 10.1 Å². The summed E-state index contributed by atoms with van der Waals surface area (Å²) in [5.74, 6) is 0.122. The summed E-state index contributed by atoms with van der Waals surface area (Å²) >= 11 is 0. The Morgan fingerprint density at radius 2 is 1.71 bits per heavy atom. The van der Waals surface area contributed by atoms with Crippen molar-refractivity contribution < 1.29 is 22.3 Å². The van der Waals surface area contributed by atoms with Crippen molar-refractivity contribution in [3.63, 3.8) is 0 Å². The molecule has 0 radical (unpaired) electrons. The fourth-order valence-corrected chi connectivity index (χ4v) is 4.05. The number of hydrogen-bond donors (Lipinski definition) is 1. The average Bonchev–Trinajstić information content (AvgIpc) is 3.18. The topological polar surface area (TPSA) is 26.2 Å². The third-order valence-electron chi connectivity index (χ3n) is 5.72. The molecule has 0 saturated heterocycles. The highest BCUT2D eigenvalue weighted by Gasteiger charge is 2.30. The SMILES string of the molecule is CCn1cc(CCNCc2cccc(C(F)(F)F)c2)c2c(OCc3ccccc3)cc(F)cc21. The number of halogens is 4. The summed E-state index contributed by atoms with van der Waals surface area (Å²) in [6.45, 7) is 3.86. The van der Waals surface area contributed by atoms with Crippen LogP contribution in [0.2, 0.25) is 0 Å². The van der Waals surface area contributed by atoms with Crippen molar-refractivity contribution in [1.82, 2.24) is 9.88 Å². The molecular formula is C27H26F4N2O. The van der Waals surface area contributed by atoms with Gasteiger partial charge in [-0.3, -0.25) is 0 Å². The molecule has 3 aromatic carbocycles. The molecule has 0 atom stereocenters. The normalized spacial score (nSPS) is 11.8. The Balaban J connectivity index is 1.49. The molecule has 7 heteroatoms. The van der Waals surface area contributed by atoms with Crippen LogP contribution in [0.5, 0.6) is 5.75 Å². The standard InChI is InChI=1S/C27H26F4N2O/c1-2-33-17-21(11-12-32-16-20-9-6-10-22(13-20)27(29,30)31)26-24(33)14-23(28)15-25(26)34-18-19-7-4-3-5-8-19/h3-10,13-15,17,32H,2,11-12,16,18H2,1H3. The monoisotopic (exact) mass is 470 g/mol. The highest BCUT2D eigenvalue weighted by molar-refractivity contribution is 5.90. The van der Waals surface area contributed by atoms with Crippen LogP contribution in [0.3, 0.4) is 0 Å². The average molecular weight is 471 g/mol. The third kappa shape index (κ3) is 5.59. The van der Waals surface area contributed by atoms with E-state index in [0.29, 0.717) is 44.0 Å². The Labute approximate surface area is 196 Å². The van der Waals surface area contributed by atoms with E-state index in [1.54, 1.807) is 6.07 Å². The summed E-state index contributed by atoms with van der Waals surface area (Å²) < 4.78 is 61.2. The molecule has 1 heterocycles. The molecule has 0 unspecified atom stereocenters. The lowest BCUT2D eigenvalue weighted by Crippen LogP contribution is -2.17. The van der Waals surface area contributed by atoms with Crippen molar-refractivity contribution in [2.75, 3.05) is 6.54 Å². The number of hydrogen-bond acceptors (Lipinski definition) is 2. The fourth-order valence-electron chi connectivity index (χ4n) is 4.05. The maximum atomic E-state index is 14.4. The summed E-state index contributed by atoms with van der Waals surface area (Å²) in [6.07, 6.45) is -1.75. The summed E-state index contributed by atoms with van der Waals surface area (Å²) in [5, 5.41) is 4.08. The first-order valence-corrected chi connectivity index (χ1v) is 11.2. The van der Waals surface area contributed by atoms with Gasteiger partial charge in [-0.1, -0.05) is 48.5 Å². The van der Waals surface area contributed by atoms with Crippen molar-refractivity contribution in [3.05, 3.63) is 101 Å². The zero-order chi connectivity index (χ0) is 24.1. The number of fused-ring (bicyclic) bond motifs is 1. The second-order valence-electron chi connectivity index (χ2n) is 8.14. The lowest BCUT2D eigenvalue weighted by Gasteiger charge is -2.11. The van der Waals surface area contributed by atoms with Gasteiger partial charge in [-0.05, 0) is 48.7 Å². The van der Waals surface area contributed by atoms with E-state index in [9.17, 15) is 17.6 Å². The third-order valence-corrected chi connectivity index (χ3v) is 5.72. The van der Waals surface area contributed by atoms with Gasteiger partial charge in [0, 0.05) is 30.7 Å². The lowest BCUT2D eigenvalue weighted by atomic mass is 10.1. The molecule has 3 nitrogen and oxygen atoms in total. The number of aryl methyl sites for hydroxylation is 1. The van der Waals surface area contributed by atoms with E-state index >= 15 is 0 Å². The molecule has 0 fully saturated rings. The predicted octanol–water partition coefficient (Wildman–Crippen LogP) is 6.73. The molecule has 0 spiro atoms. The summed E-state index contributed by atoms with van der Waals surface area (Å²) in [4.78, 5) is 0. The molecule has 178 valence electrons. The van der Waals surface area contributed by atoms with Crippen LogP contribution in [0, 0.1) is 5.82 Å². The molecule has 0 aliphatic carbocycles. The molecule has 1 N–H and O–H groups in total. The highest BCUT2D eigenvalue weighted by Crippen LogP contribution is 2.33. The second kappa shape index (κ2) is 10.3. The second-order valence-corrected chi connectivity index (χ2v) is 8.14. The van der Waals surface area contributed by atoms with E-state index < -0.39 is 11.7 Å². The predicted molar refractivity (Wildman–Crippen MR) is 125 cm³/mol. The Morgan fingerprint density at radius 3 is 2.44 bits per heavy atom. The van der Waals surface area contributed by atoms with Crippen molar-refractivity contribution >= 4 is 10.9 Å². The van der Waals surface area contributed by atoms with Gasteiger partial charge in [-0.15, -0.1) is 0 Å². The van der Waals surface area contributed by atoms with Crippen molar-refractivity contribution in [1.29, 1.82) is 0 Å². The van der Waals surface area contributed by atoms with Gasteiger partial charge in [-0.25, -0.2) is 4.39 Å². The highest BCUT2D eigenvalue weighted by atomic mass is 19.4. The molecule has 0 saturated carbocycles. The lowest BCUT2D eigenvalue weighted by molar-refractivity contribution is -0.137. The number of nitrogens with one attached hydrogen (secondary N) is 1. The minimum absolute atomic E-state index is 0.322. The van der Waals surface area contributed by atoms with E-state index in [1.807, 2.05) is 48.0 Å². The number of benzene rings is 3. The molecule has 4 rings (SSSR count). The number of ether oxygens (including phenoxy) is 1. The van der Waals surface area contributed by atoms with Crippen LogP contribution in [0.4, 0.5) is 17.6 Å². The number of alkyl halides is 3. The first kappa shape index (κ1) is 23.8. The van der Waals surface area contributed by atoms with Crippen molar-refractivity contribution in [2.45, 2.75) is 39.2 Å². The summed E-state index contributed by atoms with van der Waals surface area (Å²) in [5.41, 5.74) is 2.66. The molecule has 0 aliphatic rings. The Kier molecular flexibility index (Phi) is 7.22. The van der Waals surface area contributed by atoms with Gasteiger partial charge in [0.15, 0.2) is 0 Å². The van der Waals surface area contributed by atoms with Crippen molar-refractivity contribution in [3.8, 4) is 5.75 Å². The maximum Gasteiger partial charge on any atom is 0.416 e. The first-order valence-electron chi connectivity index (χ1n) is 11.2. The summed E-state index contributed by atoms with van der Waals surface area (Å²) in [7, 11) is 0. The minimum Gasteiger partial charge on any atom is -0.488 e. The zero-order valence-electron chi connectivity index (χ0n) is 18.8. The summed E-state index contributed by atoms with van der Waals surface area (Å²) in [6, 6.07) is 17.9. The molecular weight excluding hydrogens is 444 g/mol. The maximum absolute atomic E-state index is 14.4. The smallest absolute Gasteiger partial charge is 0.416 e. The fraction of sp³-hybridized carbons (Fsp3) is 0.259. The molecule has 0 aliphatic heterocycles. The van der Waals surface area contributed by atoms with E-state index in [0.717, 1.165) is 34.2 Å². The minimum atomic E-state index is -4.36. The first-order chi connectivity index (χ1) is 16.3. The van der Waals surface area contributed by atoms with Gasteiger partial charge in [0.2, 0.25) is 0 Å². The Bertz CT molecular complexity index is 1250. The number of nitrogens with zero attached hydrogens (tertiary/aromatic N) is 1. The van der Waals surface area contributed by atoms with Gasteiger partial charge in [-0.2, -0.15) is 13.2 Å². The van der Waals surface area contributed by atoms with Gasteiger partial charge < -0.3 is 14.6 Å². The van der Waals surface area contributed by atoms with E-state index in [-0.39, 0.29) is 5.82 Å². The molecule has 0 amide bonds. The Morgan fingerprint density at radius 1 is 0.941 bits per heavy atom. The van der Waals surface area contributed by atoms with Crippen LogP contribution in [-0.4, -0.2) is 11.1 Å². The number of rotatable bonds is 9. The van der Waals surface area contributed by atoms with E-state index in [2.05, 4.69) is 5.32 Å². The molecule has 34 heavy (non-hydrogen) atoms. The number of aromatic nitrogens is 1. The Hall–Kier alpha value is -3.32. The van der Waals surface area contributed by atoms with Gasteiger partial charge in [0.05, 0.1) is 11.1 Å². The van der Waals surface area contributed by atoms with Gasteiger partial charge in [0.25, 0.3) is 0 Å². The van der Waals surface area contributed by atoms with Crippen LogP contribution in [0.25, 0.3) is 10.9 Å². The van der Waals surface area contributed by atoms with E-state index in [4.69, 9.17) is 4.74 Å². The van der Waals surface area contributed by atoms with Crippen LogP contribution >= 0.6 is 0 Å². The van der Waals surface area contributed by atoms with Gasteiger partial charge in [0.1, 0.15) is 18.2 Å². The van der Waals surface area contributed by atoms with E-state index in [1.165, 1.54) is 18.2 Å². The quantitative estimate of drug-likeness (QED) is 0.217. The van der Waals surface area contributed by atoms with Crippen LogP contribution in [-0.2, 0) is 32.3 Å². The van der Waals surface area contributed by atoms with Crippen LogP contribution in [0.1, 0.15) is 29.2 Å². The molecule has 1 aromatic heterocycles. The van der Waals surface area contributed by atoms with Crippen LogP contribution in [0.15, 0.2) is 72.9 Å². The van der Waals surface area contributed by atoms with Crippen molar-refractivity contribution in [2.24, 2.45) is 0 Å². The zero-order valence-corrected chi connectivity index (χ0v) is 18.8. The largest absolute Gasteiger partial charge is 0.488 e. The molecule has 0 bridgehead atoms. The van der Waals surface area contributed by atoms with Gasteiger partial charge >= 0.3 is 6.18 Å².